The van der Waals surface area contributed by atoms with Crippen LogP contribution in [0.1, 0.15) is 5.56 Å². The highest BCUT2D eigenvalue weighted by molar-refractivity contribution is 5.86. The molecule has 0 aliphatic carbocycles. The van der Waals surface area contributed by atoms with Crippen LogP contribution in [0.5, 0.6) is 5.75 Å². The molecule has 5 heteroatoms. The SMILES string of the molecule is Cc1ccc(O)c2ncccc12.Cl.O=C=O. The lowest BCUT2D eigenvalue weighted by Gasteiger charge is -2.01. The number of hydrogen-bond acceptors (Lipinski definition) is 4. The van der Waals surface area contributed by atoms with Crippen molar-refractivity contribution in [3.05, 3.63) is 36.0 Å². The predicted molar refractivity (Wildman–Crippen MR) is 60.4 cm³/mol. The van der Waals surface area contributed by atoms with E-state index in [9.17, 15) is 5.11 Å². The second-order valence-corrected chi connectivity index (χ2v) is 2.88. The summed E-state index contributed by atoms with van der Waals surface area (Å²) in [6.07, 6.45) is 1.93. The van der Waals surface area contributed by atoms with Gasteiger partial charge in [-0.2, -0.15) is 9.59 Å². The molecular formula is C11H10ClNO3. The molecular weight excluding hydrogens is 230 g/mol. The van der Waals surface area contributed by atoms with E-state index in [4.69, 9.17) is 9.59 Å². The monoisotopic (exact) mass is 239 g/mol. The molecule has 16 heavy (non-hydrogen) atoms. The van der Waals surface area contributed by atoms with Crippen LogP contribution in [0.2, 0.25) is 0 Å². The number of nitrogens with zero attached hydrogens (tertiary/aromatic N) is 1. The number of rotatable bonds is 0. The summed E-state index contributed by atoms with van der Waals surface area (Å²) in [7, 11) is 0. The first-order valence-corrected chi connectivity index (χ1v) is 4.23. The Morgan fingerprint density at radius 3 is 2.44 bits per heavy atom. The van der Waals surface area contributed by atoms with Crippen molar-refractivity contribution in [3.63, 3.8) is 0 Å². The highest BCUT2D eigenvalue weighted by Crippen LogP contribution is 2.24. The fraction of sp³-hybridized carbons (Fsp3) is 0.0909. The molecule has 0 radical (unpaired) electrons. The van der Waals surface area contributed by atoms with Crippen LogP contribution in [0, 0.1) is 6.92 Å². The number of hydrogen-bond donors (Lipinski definition) is 1. The van der Waals surface area contributed by atoms with Gasteiger partial charge in [0.2, 0.25) is 0 Å². The Morgan fingerprint density at radius 1 is 1.25 bits per heavy atom. The molecule has 0 aliphatic rings. The minimum atomic E-state index is 0. The summed E-state index contributed by atoms with van der Waals surface area (Å²) in [6.45, 7) is 2.00. The molecule has 0 spiro atoms. The summed E-state index contributed by atoms with van der Waals surface area (Å²) in [6, 6.07) is 7.39. The molecule has 0 bridgehead atoms. The average molecular weight is 240 g/mol. The Hall–Kier alpha value is -1.90. The maximum absolute atomic E-state index is 9.43. The summed E-state index contributed by atoms with van der Waals surface area (Å²) in [5.74, 6) is 0.246. The van der Waals surface area contributed by atoms with Gasteiger partial charge in [0.15, 0.2) is 0 Å². The molecule has 84 valence electrons. The topological polar surface area (TPSA) is 67.3 Å². The van der Waals surface area contributed by atoms with Crippen molar-refractivity contribution in [3.8, 4) is 5.75 Å². The van der Waals surface area contributed by atoms with Gasteiger partial charge in [-0.15, -0.1) is 12.4 Å². The van der Waals surface area contributed by atoms with Crippen molar-refractivity contribution < 1.29 is 14.7 Å². The third kappa shape index (κ3) is 3.05. The van der Waals surface area contributed by atoms with E-state index < -0.39 is 0 Å². The number of fused-ring (bicyclic) bond motifs is 1. The van der Waals surface area contributed by atoms with Crippen LogP contribution in [-0.2, 0) is 9.59 Å². The van der Waals surface area contributed by atoms with E-state index in [1.165, 1.54) is 0 Å². The van der Waals surface area contributed by atoms with Gasteiger partial charge in [-0.25, -0.2) is 0 Å². The van der Waals surface area contributed by atoms with Crippen LogP contribution >= 0.6 is 12.4 Å². The van der Waals surface area contributed by atoms with Gasteiger partial charge in [0.05, 0.1) is 0 Å². The maximum atomic E-state index is 9.43. The van der Waals surface area contributed by atoms with Gasteiger partial charge in [0.25, 0.3) is 0 Å². The molecule has 4 nitrogen and oxygen atoms in total. The van der Waals surface area contributed by atoms with Crippen molar-refractivity contribution in [1.82, 2.24) is 4.98 Å². The van der Waals surface area contributed by atoms with Crippen LogP contribution in [0.15, 0.2) is 30.5 Å². The third-order valence-corrected chi connectivity index (χ3v) is 1.97. The van der Waals surface area contributed by atoms with Gasteiger partial charge >= 0.3 is 6.15 Å². The summed E-state index contributed by atoms with van der Waals surface area (Å²) < 4.78 is 0. The Morgan fingerprint density at radius 2 is 1.88 bits per heavy atom. The Bertz CT molecular complexity index is 467. The number of carbonyl (C=O) groups excluding carboxylic acids is 2. The van der Waals surface area contributed by atoms with Crippen molar-refractivity contribution in [2.24, 2.45) is 0 Å². The lowest BCUT2D eigenvalue weighted by Crippen LogP contribution is -1.81. The number of aromatic hydroxyl groups is 1. The Balaban J connectivity index is 0.000000511. The molecule has 1 aromatic carbocycles. The van der Waals surface area contributed by atoms with Gasteiger partial charge in [0, 0.05) is 11.6 Å². The molecule has 2 aromatic rings. The number of pyridine rings is 1. The molecule has 0 aliphatic heterocycles. The Kier molecular flexibility index (Phi) is 5.78. The van der Waals surface area contributed by atoms with Crippen molar-refractivity contribution in [2.75, 3.05) is 0 Å². The minimum absolute atomic E-state index is 0. The van der Waals surface area contributed by atoms with E-state index in [1.807, 2.05) is 25.1 Å². The number of aryl methyl sites for hydroxylation is 1. The molecule has 0 amide bonds. The zero-order chi connectivity index (χ0) is 11.3. The molecule has 0 atom stereocenters. The maximum Gasteiger partial charge on any atom is 0.373 e. The minimum Gasteiger partial charge on any atom is -0.506 e. The standard InChI is InChI=1S/C10H9NO.CO2.ClH/c1-7-4-5-9(12)10-8(7)3-2-6-11-10;2-1-3;/h2-6,12H,1H3;;1H. The first-order valence-electron chi connectivity index (χ1n) is 4.23. The molecule has 1 heterocycles. The highest BCUT2D eigenvalue weighted by Gasteiger charge is 2.01. The molecule has 2 rings (SSSR count). The van der Waals surface area contributed by atoms with Crippen LogP contribution in [0.25, 0.3) is 10.9 Å². The fourth-order valence-electron chi connectivity index (χ4n) is 1.30. The second-order valence-electron chi connectivity index (χ2n) is 2.88. The lowest BCUT2D eigenvalue weighted by atomic mass is 10.1. The van der Waals surface area contributed by atoms with Gasteiger partial charge in [-0.05, 0) is 24.6 Å². The number of phenols is 1. The van der Waals surface area contributed by atoms with E-state index in [0.717, 1.165) is 10.9 Å². The van der Waals surface area contributed by atoms with Crippen LogP contribution < -0.4 is 0 Å². The first-order chi connectivity index (χ1) is 7.20. The third-order valence-electron chi connectivity index (χ3n) is 1.97. The zero-order valence-corrected chi connectivity index (χ0v) is 9.32. The Labute approximate surface area is 98.3 Å². The molecule has 0 saturated carbocycles. The molecule has 0 saturated heterocycles. The number of benzene rings is 1. The number of aromatic nitrogens is 1. The summed E-state index contributed by atoms with van der Waals surface area (Å²) in [4.78, 5) is 20.3. The molecule has 0 unspecified atom stereocenters. The van der Waals surface area contributed by atoms with E-state index in [2.05, 4.69) is 4.98 Å². The van der Waals surface area contributed by atoms with E-state index >= 15 is 0 Å². The van der Waals surface area contributed by atoms with Gasteiger partial charge in [-0.3, -0.25) is 4.98 Å². The van der Waals surface area contributed by atoms with Crippen molar-refractivity contribution >= 4 is 29.5 Å². The lowest BCUT2D eigenvalue weighted by molar-refractivity contribution is -0.191. The summed E-state index contributed by atoms with van der Waals surface area (Å²) in [5, 5.41) is 10.4. The average Bonchev–Trinajstić information content (AvgIpc) is 2.25. The zero-order valence-electron chi connectivity index (χ0n) is 8.51. The number of halogens is 1. The predicted octanol–water partition coefficient (Wildman–Crippen LogP) is 2.09. The molecule has 1 aromatic heterocycles. The van der Waals surface area contributed by atoms with E-state index in [1.54, 1.807) is 12.3 Å². The van der Waals surface area contributed by atoms with Gasteiger partial charge < -0.3 is 5.11 Å². The fourth-order valence-corrected chi connectivity index (χ4v) is 1.30. The number of phenolic OH excluding ortho intramolecular Hbond substituents is 1. The van der Waals surface area contributed by atoms with Crippen molar-refractivity contribution in [2.45, 2.75) is 6.92 Å². The van der Waals surface area contributed by atoms with Crippen LogP contribution in [0.4, 0.5) is 0 Å². The van der Waals surface area contributed by atoms with Crippen LogP contribution in [-0.4, -0.2) is 16.2 Å². The smallest absolute Gasteiger partial charge is 0.373 e. The molecule has 0 fully saturated rings. The first kappa shape index (κ1) is 14.1. The highest BCUT2D eigenvalue weighted by atomic mass is 35.5. The quantitative estimate of drug-likeness (QED) is 0.764. The van der Waals surface area contributed by atoms with Crippen molar-refractivity contribution in [1.29, 1.82) is 0 Å². The van der Waals surface area contributed by atoms with Crippen LogP contribution in [0.3, 0.4) is 0 Å². The molecule has 1 N–H and O–H groups in total. The second kappa shape index (κ2) is 6.56. The largest absolute Gasteiger partial charge is 0.506 e. The summed E-state index contributed by atoms with van der Waals surface area (Å²) in [5.41, 5.74) is 1.81. The van der Waals surface area contributed by atoms with Gasteiger partial charge in [0.1, 0.15) is 11.3 Å². The van der Waals surface area contributed by atoms with E-state index in [0.29, 0.717) is 5.52 Å². The van der Waals surface area contributed by atoms with E-state index in [-0.39, 0.29) is 24.3 Å². The normalized spacial score (nSPS) is 8.31. The van der Waals surface area contributed by atoms with Gasteiger partial charge in [-0.1, -0.05) is 12.1 Å². The summed E-state index contributed by atoms with van der Waals surface area (Å²) >= 11 is 0.